The van der Waals surface area contributed by atoms with Gasteiger partial charge in [-0.3, -0.25) is 5.10 Å². The second kappa shape index (κ2) is 6.70. The van der Waals surface area contributed by atoms with Gasteiger partial charge in [0.2, 0.25) is 5.95 Å². The highest BCUT2D eigenvalue weighted by molar-refractivity contribution is 6.32. The molecule has 4 aromatic rings. The molecule has 0 aliphatic rings. The van der Waals surface area contributed by atoms with Crippen LogP contribution >= 0.6 is 23.2 Å². The first-order chi connectivity index (χ1) is 12.6. The van der Waals surface area contributed by atoms with Gasteiger partial charge in [0.05, 0.1) is 16.7 Å². The van der Waals surface area contributed by atoms with Gasteiger partial charge in [-0.25, -0.2) is 4.98 Å². The van der Waals surface area contributed by atoms with Crippen molar-refractivity contribution in [1.29, 1.82) is 0 Å². The monoisotopic (exact) mass is 386 g/mol. The van der Waals surface area contributed by atoms with Gasteiger partial charge in [-0.2, -0.15) is 10.1 Å². The zero-order chi connectivity index (χ0) is 18.1. The molecule has 0 aliphatic heterocycles. The Morgan fingerprint density at radius 2 is 1.92 bits per heavy atom. The molecule has 0 unspecified atom stereocenters. The van der Waals surface area contributed by atoms with Crippen molar-refractivity contribution in [3.8, 4) is 11.5 Å². The van der Waals surface area contributed by atoms with Crippen LogP contribution in [0, 0.1) is 0 Å². The highest BCUT2D eigenvalue weighted by atomic mass is 35.5. The van der Waals surface area contributed by atoms with Crippen molar-refractivity contribution in [2.75, 3.05) is 11.1 Å². The third kappa shape index (κ3) is 3.49. The molecule has 130 valence electrons. The lowest BCUT2D eigenvalue weighted by molar-refractivity contribution is 0.484. The molecule has 0 bridgehead atoms. The maximum atomic E-state index is 6.34. The Balaban J connectivity index is 1.55. The summed E-state index contributed by atoms with van der Waals surface area (Å²) in [4.78, 5) is 7.87. The Bertz CT molecular complexity index is 1080. The number of nitrogens with one attached hydrogen (secondary N) is 2. The minimum atomic E-state index is 0.0840. The summed E-state index contributed by atoms with van der Waals surface area (Å²) in [5, 5.41) is 11.6. The van der Waals surface area contributed by atoms with E-state index in [1.807, 2.05) is 24.3 Å². The van der Waals surface area contributed by atoms with Crippen molar-refractivity contribution in [1.82, 2.24) is 20.2 Å². The summed E-state index contributed by atoms with van der Waals surface area (Å²) in [6, 6.07) is 12.5. The van der Waals surface area contributed by atoms with Crippen LogP contribution in [0.25, 0.3) is 10.9 Å². The molecular weight excluding hydrogens is 375 g/mol. The van der Waals surface area contributed by atoms with Gasteiger partial charge in [0, 0.05) is 17.1 Å². The number of hydrogen-bond acceptors (Lipinski definition) is 6. The molecule has 0 atom stereocenters. The summed E-state index contributed by atoms with van der Waals surface area (Å²) in [5.41, 5.74) is 7.23. The molecule has 0 amide bonds. The van der Waals surface area contributed by atoms with E-state index in [4.69, 9.17) is 33.7 Å². The van der Waals surface area contributed by atoms with Gasteiger partial charge < -0.3 is 15.8 Å². The number of ether oxygens (including phenoxy) is 1. The number of hydrogen-bond donors (Lipinski definition) is 3. The van der Waals surface area contributed by atoms with Crippen molar-refractivity contribution in [2.45, 2.75) is 0 Å². The number of nitrogen functional groups attached to an aromatic ring is 1. The Morgan fingerprint density at radius 3 is 2.73 bits per heavy atom. The molecule has 2 heterocycles. The summed E-state index contributed by atoms with van der Waals surface area (Å²) in [6.07, 6.45) is 1.73. The molecule has 0 aliphatic carbocycles. The molecular formula is C17H12Cl2N6O. The van der Waals surface area contributed by atoms with Crippen LogP contribution in [0.5, 0.6) is 11.5 Å². The van der Waals surface area contributed by atoms with Crippen molar-refractivity contribution >= 4 is 51.6 Å². The Kier molecular flexibility index (Phi) is 4.24. The topological polar surface area (TPSA) is 102 Å². The molecule has 0 radical (unpaired) electrons. The van der Waals surface area contributed by atoms with Gasteiger partial charge in [-0.05, 0) is 36.4 Å². The molecule has 0 saturated heterocycles. The van der Waals surface area contributed by atoms with Gasteiger partial charge in [0.25, 0.3) is 0 Å². The Morgan fingerprint density at radius 1 is 1.04 bits per heavy atom. The fourth-order valence-corrected chi connectivity index (χ4v) is 2.83. The normalized spacial score (nSPS) is 10.8. The minimum absolute atomic E-state index is 0.0840. The van der Waals surface area contributed by atoms with Crippen LogP contribution < -0.4 is 15.8 Å². The fourth-order valence-electron chi connectivity index (χ4n) is 2.42. The molecule has 2 aromatic carbocycles. The van der Waals surface area contributed by atoms with E-state index in [1.165, 1.54) is 0 Å². The maximum absolute atomic E-state index is 6.34. The maximum Gasteiger partial charge on any atom is 0.223 e. The number of fused-ring (bicyclic) bond motifs is 1. The first kappa shape index (κ1) is 16.4. The van der Waals surface area contributed by atoms with Crippen molar-refractivity contribution < 1.29 is 4.74 Å². The molecule has 0 saturated carbocycles. The van der Waals surface area contributed by atoms with E-state index in [0.29, 0.717) is 28.0 Å². The van der Waals surface area contributed by atoms with Crippen LogP contribution in [0.1, 0.15) is 0 Å². The molecule has 4 N–H and O–H groups in total. The fraction of sp³-hybridized carbons (Fsp3) is 0. The number of nitrogens with zero attached hydrogens (tertiary/aromatic N) is 3. The van der Waals surface area contributed by atoms with E-state index in [0.717, 1.165) is 10.9 Å². The Labute approximate surface area is 158 Å². The zero-order valence-electron chi connectivity index (χ0n) is 13.2. The van der Waals surface area contributed by atoms with E-state index in [-0.39, 0.29) is 11.1 Å². The number of rotatable bonds is 4. The van der Waals surface area contributed by atoms with Gasteiger partial charge in [0.15, 0.2) is 0 Å². The largest absolute Gasteiger partial charge is 0.456 e. The summed E-state index contributed by atoms with van der Waals surface area (Å²) >= 11 is 12.2. The lowest BCUT2D eigenvalue weighted by Crippen LogP contribution is -2.00. The number of anilines is 3. The summed E-state index contributed by atoms with van der Waals surface area (Å²) in [7, 11) is 0. The number of benzene rings is 2. The molecule has 2 aromatic heterocycles. The SMILES string of the molecule is Nc1nc(Cl)cc(Nc2ccc(Oc3ccc4[nH]ncc4c3)c(Cl)c2)n1. The average Bonchev–Trinajstić information content (AvgIpc) is 3.04. The zero-order valence-corrected chi connectivity index (χ0v) is 14.7. The quantitative estimate of drug-likeness (QED) is 0.436. The Hall–Kier alpha value is -3.03. The third-order valence-corrected chi connectivity index (χ3v) is 4.04. The third-order valence-electron chi connectivity index (χ3n) is 3.56. The predicted octanol–water partition coefficient (Wildman–Crippen LogP) is 4.78. The number of aromatic nitrogens is 4. The van der Waals surface area contributed by atoms with E-state index >= 15 is 0 Å². The number of halogens is 2. The molecule has 4 rings (SSSR count). The van der Waals surface area contributed by atoms with Gasteiger partial charge in [-0.1, -0.05) is 23.2 Å². The van der Waals surface area contributed by atoms with E-state index in [9.17, 15) is 0 Å². The van der Waals surface area contributed by atoms with Crippen LogP contribution in [0.4, 0.5) is 17.5 Å². The average molecular weight is 387 g/mol. The summed E-state index contributed by atoms with van der Waals surface area (Å²) in [6.45, 7) is 0. The number of nitrogens with two attached hydrogens (primary N) is 1. The van der Waals surface area contributed by atoms with Crippen LogP contribution in [0.3, 0.4) is 0 Å². The first-order valence-corrected chi connectivity index (χ1v) is 8.30. The molecule has 0 fully saturated rings. The van der Waals surface area contributed by atoms with Crippen molar-refractivity contribution in [2.24, 2.45) is 0 Å². The van der Waals surface area contributed by atoms with Crippen LogP contribution in [-0.2, 0) is 0 Å². The van der Waals surface area contributed by atoms with Crippen molar-refractivity contribution in [3.63, 3.8) is 0 Å². The lowest BCUT2D eigenvalue weighted by Gasteiger charge is -2.11. The smallest absolute Gasteiger partial charge is 0.223 e. The predicted molar refractivity (Wildman–Crippen MR) is 102 cm³/mol. The minimum Gasteiger partial charge on any atom is -0.456 e. The molecule has 7 nitrogen and oxygen atoms in total. The van der Waals surface area contributed by atoms with E-state index < -0.39 is 0 Å². The van der Waals surface area contributed by atoms with Gasteiger partial charge >= 0.3 is 0 Å². The van der Waals surface area contributed by atoms with Crippen LogP contribution in [0.2, 0.25) is 10.2 Å². The van der Waals surface area contributed by atoms with Crippen LogP contribution in [0.15, 0.2) is 48.7 Å². The highest BCUT2D eigenvalue weighted by Crippen LogP contribution is 2.33. The lowest BCUT2D eigenvalue weighted by atomic mass is 10.2. The second-order valence-electron chi connectivity index (χ2n) is 5.43. The van der Waals surface area contributed by atoms with E-state index in [2.05, 4.69) is 25.5 Å². The number of H-pyrrole nitrogens is 1. The molecule has 9 heteroatoms. The highest BCUT2D eigenvalue weighted by Gasteiger charge is 2.08. The summed E-state index contributed by atoms with van der Waals surface area (Å²) < 4.78 is 5.86. The first-order valence-electron chi connectivity index (χ1n) is 7.54. The molecule has 0 spiro atoms. The van der Waals surface area contributed by atoms with Gasteiger partial charge in [0.1, 0.15) is 22.5 Å². The summed E-state index contributed by atoms with van der Waals surface area (Å²) in [5.74, 6) is 1.75. The standard InChI is InChI=1S/C17H12Cl2N6O/c18-12-6-10(22-16-7-15(19)23-17(20)24-16)1-4-14(12)26-11-2-3-13-9(5-11)8-21-25-13/h1-8H,(H,21,25)(H3,20,22,23,24). The van der Waals surface area contributed by atoms with Gasteiger partial charge in [-0.15, -0.1) is 0 Å². The number of aromatic amines is 1. The van der Waals surface area contributed by atoms with Crippen LogP contribution in [-0.4, -0.2) is 20.2 Å². The second-order valence-corrected chi connectivity index (χ2v) is 6.22. The molecule has 26 heavy (non-hydrogen) atoms. The van der Waals surface area contributed by atoms with Crippen molar-refractivity contribution in [3.05, 3.63) is 58.8 Å². The van der Waals surface area contributed by atoms with E-state index in [1.54, 1.807) is 24.4 Å².